The van der Waals surface area contributed by atoms with E-state index in [1.807, 2.05) is 26.0 Å². The summed E-state index contributed by atoms with van der Waals surface area (Å²) < 4.78 is 23.6. The molecule has 6 heteroatoms. The standard InChI is InChI=1S/C24H30O6/c1-3-27-19-6-4-16(5-7-19)10-17-11-21(22-13-18(26)12-20(14-25)30-22)24-23(15(17)2)28-8-9-29-24/h4-7,11,18,20,22,25-26H,3,8-10,12-14H2,1-2H3. The summed E-state index contributed by atoms with van der Waals surface area (Å²) in [6.07, 6.45) is 0.406. The Labute approximate surface area is 177 Å². The van der Waals surface area contributed by atoms with Gasteiger partial charge in [0, 0.05) is 18.4 Å². The summed E-state index contributed by atoms with van der Waals surface area (Å²) in [5.41, 5.74) is 4.23. The number of benzene rings is 2. The number of aliphatic hydroxyl groups is 2. The van der Waals surface area contributed by atoms with Crippen LogP contribution in [0.25, 0.3) is 0 Å². The first kappa shape index (κ1) is 21.0. The van der Waals surface area contributed by atoms with Crippen molar-refractivity contribution in [3.63, 3.8) is 0 Å². The van der Waals surface area contributed by atoms with E-state index in [1.165, 1.54) is 5.56 Å². The molecule has 2 heterocycles. The van der Waals surface area contributed by atoms with Crippen LogP contribution in [0.2, 0.25) is 0 Å². The molecule has 0 amide bonds. The summed E-state index contributed by atoms with van der Waals surface area (Å²) in [4.78, 5) is 0. The van der Waals surface area contributed by atoms with Crippen molar-refractivity contribution in [1.82, 2.24) is 0 Å². The molecule has 3 atom stereocenters. The molecule has 0 aromatic heterocycles. The minimum Gasteiger partial charge on any atom is -0.494 e. The second kappa shape index (κ2) is 9.25. The van der Waals surface area contributed by atoms with E-state index >= 15 is 0 Å². The predicted molar refractivity (Wildman–Crippen MR) is 113 cm³/mol. The van der Waals surface area contributed by atoms with Gasteiger partial charge in [-0.25, -0.2) is 0 Å². The molecule has 2 aliphatic rings. The zero-order valence-electron chi connectivity index (χ0n) is 17.6. The minimum absolute atomic E-state index is 0.113. The Morgan fingerprint density at radius 1 is 1.07 bits per heavy atom. The Morgan fingerprint density at radius 3 is 2.50 bits per heavy atom. The fraction of sp³-hybridized carbons (Fsp3) is 0.500. The average Bonchev–Trinajstić information content (AvgIpc) is 2.76. The molecule has 0 saturated carbocycles. The van der Waals surface area contributed by atoms with Crippen LogP contribution in [0.4, 0.5) is 0 Å². The van der Waals surface area contributed by atoms with E-state index in [2.05, 4.69) is 18.2 Å². The third-order valence-corrected chi connectivity index (χ3v) is 5.75. The highest BCUT2D eigenvalue weighted by molar-refractivity contribution is 5.57. The van der Waals surface area contributed by atoms with Crippen LogP contribution in [0.1, 0.15) is 48.1 Å². The maximum atomic E-state index is 10.3. The molecule has 2 aromatic rings. The molecule has 4 rings (SSSR count). The monoisotopic (exact) mass is 414 g/mol. The van der Waals surface area contributed by atoms with Crippen LogP contribution in [0, 0.1) is 6.92 Å². The van der Waals surface area contributed by atoms with Gasteiger partial charge in [0.1, 0.15) is 19.0 Å². The molecular formula is C24H30O6. The van der Waals surface area contributed by atoms with Crippen LogP contribution in [-0.4, -0.2) is 48.8 Å². The molecule has 30 heavy (non-hydrogen) atoms. The van der Waals surface area contributed by atoms with E-state index in [1.54, 1.807) is 0 Å². The summed E-state index contributed by atoms with van der Waals surface area (Å²) in [6, 6.07) is 10.2. The van der Waals surface area contributed by atoms with Gasteiger partial charge in [0.15, 0.2) is 11.5 Å². The summed E-state index contributed by atoms with van der Waals surface area (Å²) in [5, 5.41) is 19.9. The van der Waals surface area contributed by atoms with E-state index in [0.717, 1.165) is 34.6 Å². The first-order chi connectivity index (χ1) is 14.6. The third-order valence-electron chi connectivity index (χ3n) is 5.75. The molecule has 2 aliphatic heterocycles. The molecule has 0 radical (unpaired) electrons. The highest BCUT2D eigenvalue weighted by Crippen LogP contribution is 2.45. The molecule has 2 N–H and O–H groups in total. The van der Waals surface area contributed by atoms with Gasteiger partial charge in [0.05, 0.1) is 31.5 Å². The van der Waals surface area contributed by atoms with Gasteiger partial charge in [-0.3, -0.25) is 0 Å². The zero-order chi connectivity index (χ0) is 21.1. The molecule has 0 aliphatic carbocycles. The largest absolute Gasteiger partial charge is 0.494 e. The first-order valence-electron chi connectivity index (χ1n) is 10.7. The van der Waals surface area contributed by atoms with Gasteiger partial charge in [0.25, 0.3) is 0 Å². The average molecular weight is 414 g/mol. The zero-order valence-corrected chi connectivity index (χ0v) is 17.6. The van der Waals surface area contributed by atoms with Crippen LogP contribution < -0.4 is 14.2 Å². The van der Waals surface area contributed by atoms with E-state index in [-0.39, 0.29) is 18.8 Å². The Bertz CT molecular complexity index is 863. The number of hydrogen-bond donors (Lipinski definition) is 2. The summed E-state index contributed by atoms with van der Waals surface area (Å²) in [5.74, 6) is 2.31. The van der Waals surface area contributed by atoms with E-state index in [9.17, 15) is 10.2 Å². The lowest BCUT2D eigenvalue weighted by atomic mass is 9.90. The van der Waals surface area contributed by atoms with E-state index < -0.39 is 6.10 Å². The highest BCUT2D eigenvalue weighted by atomic mass is 16.6. The number of aliphatic hydroxyl groups excluding tert-OH is 2. The number of fused-ring (bicyclic) bond motifs is 1. The van der Waals surface area contributed by atoms with Gasteiger partial charge < -0.3 is 29.2 Å². The molecule has 6 nitrogen and oxygen atoms in total. The fourth-order valence-corrected chi connectivity index (χ4v) is 4.24. The van der Waals surface area contributed by atoms with Crippen molar-refractivity contribution in [2.24, 2.45) is 0 Å². The Kier molecular flexibility index (Phi) is 6.46. The first-order valence-corrected chi connectivity index (χ1v) is 10.7. The quantitative estimate of drug-likeness (QED) is 0.755. The third kappa shape index (κ3) is 4.41. The topological polar surface area (TPSA) is 77.4 Å². The smallest absolute Gasteiger partial charge is 0.167 e. The second-order valence-corrected chi connectivity index (χ2v) is 7.91. The minimum atomic E-state index is -0.517. The van der Waals surface area contributed by atoms with Crippen LogP contribution in [-0.2, 0) is 11.2 Å². The molecule has 3 unspecified atom stereocenters. The maximum absolute atomic E-state index is 10.3. The van der Waals surface area contributed by atoms with Gasteiger partial charge in [0.2, 0.25) is 0 Å². The van der Waals surface area contributed by atoms with Gasteiger partial charge in [-0.2, -0.15) is 0 Å². The summed E-state index contributed by atoms with van der Waals surface area (Å²) in [7, 11) is 0. The number of hydrogen-bond acceptors (Lipinski definition) is 6. The Morgan fingerprint density at radius 2 is 1.80 bits per heavy atom. The van der Waals surface area contributed by atoms with Crippen molar-refractivity contribution in [2.75, 3.05) is 26.4 Å². The lowest BCUT2D eigenvalue weighted by molar-refractivity contribution is -0.114. The summed E-state index contributed by atoms with van der Waals surface area (Å²) >= 11 is 0. The van der Waals surface area contributed by atoms with Gasteiger partial charge in [-0.1, -0.05) is 12.1 Å². The predicted octanol–water partition coefficient (Wildman–Crippen LogP) is 3.33. The van der Waals surface area contributed by atoms with Gasteiger partial charge in [-0.05, 0) is 55.2 Å². The van der Waals surface area contributed by atoms with Crippen molar-refractivity contribution >= 4 is 0 Å². The number of rotatable bonds is 6. The van der Waals surface area contributed by atoms with Crippen LogP contribution in [0.5, 0.6) is 17.2 Å². The fourth-order valence-electron chi connectivity index (χ4n) is 4.24. The second-order valence-electron chi connectivity index (χ2n) is 7.91. The van der Waals surface area contributed by atoms with Gasteiger partial charge >= 0.3 is 0 Å². The summed E-state index contributed by atoms with van der Waals surface area (Å²) in [6.45, 7) is 5.54. The molecule has 2 aromatic carbocycles. The molecule has 0 bridgehead atoms. The van der Waals surface area contributed by atoms with Crippen molar-refractivity contribution in [1.29, 1.82) is 0 Å². The van der Waals surface area contributed by atoms with Crippen molar-refractivity contribution in [3.05, 3.63) is 52.6 Å². The highest BCUT2D eigenvalue weighted by Gasteiger charge is 2.33. The maximum Gasteiger partial charge on any atom is 0.167 e. The lowest BCUT2D eigenvalue weighted by Gasteiger charge is -2.35. The Hall–Kier alpha value is -2.28. The molecule has 162 valence electrons. The molecule has 1 saturated heterocycles. The SMILES string of the molecule is CCOc1ccc(Cc2cc(C3CC(O)CC(CO)O3)c3c(c2C)OCCO3)cc1. The lowest BCUT2D eigenvalue weighted by Crippen LogP contribution is -2.34. The van der Waals surface area contributed by atoms with E-state index in [4.69, 9.17) is 18.9 Å². The van der Waals surface area contributed by atoms with Crippen molar-refractivity contribution in [3.8, 4) is 17.2 Å². The van der Waals surface area contributed by atoms with E-state index in [0.29, 0.717) is 38.4 Å². The Balaban J connectivity index is 1.68. The van der Waals surface area contributed by atoms with Crippen LogP contribution in [0.15, 0.2) is 30.3 Å². The van der Waals surface area contributed by atoms with Crippen LogP contribution >= 0.6 is 0 Å². The number of ether oxygens (including phenoxy) is 4. The molecule has 1 fully saturated rings. The molecular weight excluding hydrogens is 384 g/mol. The normalized spacial score (nSPS) is 23.3. The van der Waals surface area contributed by atoms with Crippen LogP contribution in [0.3, 0.4) is 0 Å². The van der Waals surface area contributed by atoms with Crippen molar-refractivity contribution in [2.45, 2.75) is 51.4 Å². The molecule has 0 spiro atoms. The van der Waals surface area contributed by atoms with Crippen molar-refractivity contribution < 1.29 is 29.2 Å². The van der Waals surface area contributed by atoms with Gasteiger partial charge in [-0.15, -0.1) is 0 Å².